The van der Waals surface area contributed by atoms with Gasteiger partial charge in [0.15, 0.2) is 0 Å². The average molecular weight is 115 g/mol. The van der Waals surface area contributed by atoms with Gasteiger partial charge in [-0.15, -0.1) is 0 Å². The van der Waals surface area contributed by atoms with Crippen LogP contribution in [0.1, 0.15) is 13.8 Å². The topological polar surface area (TPSA) is 49.7 Å². The molecule has 1 unspecified atom stereocenters. The summed E-state index contributed by atoms with van der Waals surface area (Å²) in [6.07, 6.45) is 1.48. The van der Waals surface area contributed by atoms with Crippen molar-refractivity contribution < 1.29 is 9.90 Å². The van der Waals surface area contributed by atoms with E-state index in [4.69, 9.17) is 5.11 Å². The van der Waals surface area contributed by atoms with Crippen molar-refractivity contribution in [2.45, 2.75) is 19.9 Å². The Labute approximate surface area is 48.1 Å². The van der Waals surface area contributed by atoms with Crippen molar-refractivity contribution in [2.24, 2.45) is 4.99 Å². The SMILES string of the molecule is CC=NC(C)C(=O)O. The van der Waals surface area contributed by atoms with E-state index >= 15 is 0 Å². The molecule has 3 nitrogen and oxygen atoms in total. The second-order valence-electron chi connectivity index (χ2n) is 1.42. The number of carbonyl (C=O) groups is 1. The van der Waals surface area contributed by atoms with Gasteiger partial charge in [-0.2, -0.15) is 0 Å². The maximum absolute atomic E-state index is 9.98. The van der Waals surface area contributed by atoms with Crippen LogP contribution in [0.3, 0.4) is 0 Å². The number of rotatable bonds is 2. The molecular formula is C5H9NO2. The minimum Gasteiger partial charge on any atom is -0.480 e. The minimum atomic E-state index is -0.886. The standard InChI is InChI=1S/C5H9NO2/c1-3-6-4(2)5(7)8/h3-4H,1-2H3,(H,7,8). The van der Waals surface area contributed by atoms with Gasteiger partial charge >= 0.3 is 5.97 Å². The minimum absolute atomic E-state index is 0.597. The number of hydrogen-bond donors (Lipinski definition) is 1. The number of carboxylic acids is 1. The van der Waals surface area contributed by atoms with Gasteiger partial charge in [0.1, 0.15) is 6.04 Å². The Hall–Kier alpha value is -0.860. The van der Waals surface area contributed by atoms with Gasteiger partial charge < -0.3 is 5.11 Å². The van der Waals surface area contributed by atoms with Gasteiger partial charge in [-0.3, -0.25) is 4.99 Å². The molecule has 46 valence electrons. The van der Waals surface area contributed by atoms with Crippen molar-refractivity contribution in [3.05, 3.63) is 0 Å². The van der Waals surface area contributed by atoms with E-state index in [0.717, 1.165) is 0 Å². The summed E-state index contributed by atoms with van der Waals surface area (Å²) >= 11 is 0. The summed E-state index contributed by atoms with van der Waals surface area (Å²) < 4.78 is 0. The third kappa shape index (κ3) is 2.34. The summed E-state index contributed by atoms with van der Waals surface area (Å²) in [5.41, 5.74) is 0. The van der Waals surface area contributed by atoms with Crippen LogP contribution in [0.25, 0.3) is 0 Å². The van der Waals surface area contributed by atoms with Gasteiger partial charge in [0.05, 0.1) is 0 Å². The Bertz CT molecular complexity index is 109. The molecule has 1 N–H and O–H groups in total. The fraction of sp³-hybridized carbons (Fsp3) is 0.600. The Morgan fingerprint density at radius 2 is 2.38 bits per heavy atom. The second-order valence-corrected chi connectivity index (χ2v) is 1.42. The van der Waals surface area contributed by atoms with Crippen molar-refractivity contribution in [1.29, 1.82) is 0 Å². The van der Waals surface area contributed by atoms with Gasteiger partial charge in [0, 0.05) is 0 Å². The zero-order valence-electron chi connectivity index (χ0n) is 4.96. The molecule has 0 radical (unpaired) electrons. The first-order valence-electron chi connectivity index (χ1n) is 2.39. The fourth-order valence-electron chi connectivity index (χ4n) is 0.287. The first-order valence-corrected chi connectivity index (χ1v) is 2.39. The van der Waals surface area contributed by atoms with Gasteiger partial charge in [0.2, 0.25) is 0 Å². The lowest BCUT2D eigenvalue weighted by Gasteiger charge is -1.93. The maximum atomic E-state index is 9.98. The lowest BCUT2D eigenvalue weighted by atomic mass is 10.4. The molecule has 0 saturated heterocycles. The Kier molecular flexibility index (Phi) is 2.84. The molecule has 3 heteroatoms. The highest BCUT2D eigenvalue weighted by molar-refractivity contribution is 5.75. The molecule has 0 rings (SSSR count). The molecule has 0 amide bonds. The molecule has 0 aliphatic carbocycles. The van der Waals surface area contributed by atoms with E-state index in [1.807, 2.05) is 0 Å². The predicted octanol–water partition coefficient (Wildman–Crippen LogP) is 0.550. The first-order chi connectivity index (χ1) is 3.68. The van der Waals surface area contributed by atoms with Crippen molar-refractivity contribution in [3.8, 4) is 0 Å². The lowest BCUT2D eigenvalue weighted by Crippen LogP contribution is -2.12. The van der Waals surface area contributed by atoms with Crippen molar-refractivity contribution in [2.75, 3.05) is 0 Å². The molecule has 1 atom stereocenters. The average Bonchev–Trinajstić information content (AvgIpc) is 1.67. The van der Waals surface area contributed by atoms with E-state index in [1.165, 1.54) is 13.1 Å². The molecular weight excluding hydrogens is 106 g/mol. The van der Waals surface area contributed by atoms with Crippen molar-refractivity contribution in [1.82, 2.24) is 0 Å². The molecule has 0 bridgehead atoms. The summed E-state index contributed by atoms with van der Waals surface area (Å²) in [4.78, 5) is 13.6. The van der Waals surface area contributed by atoms with Crippen LogP contribution in [-0.4, -0.2) is 23.3 Å². The number of nitrogens with zero attached hydrogens (tertiary/aromatic N) is 1. The Balaban J connectivity index is 3.64. The molecule has 0 heterocycles. The van der Waals surface area contributed by atoms with E-state index in [2.05, 4.69) is 4.99 Å². The monoisotopic (exact) mass is 115 g/mol. The van der Waals surface area contributed by atoms with E-state index < -0.39 is 12.0 Å². The summed E-state index contributed by atoms with van der Waals surface area (Å²) in [5.74, 6) is -0.886. The third-order valence-electron chi connectivity index (χ3n) is 0.730. The zero-order valence-corrected chi connectivity index (χ0v) is 4.96. The molecule has 0 fully saturated rings. The maximum Gasteiger partial charge on any atom is 0.328 e. The van der Waals surface area contributed by atoms with Gasteiger partial charge in [0.25, 0.3) is 0 Å². The van der Waals surface area contributed by atoms with Crippen LogP contribution in [0.2, 0.25) is 0 Å². The highest BCUT2D eigenvalue weighted by atomic mass is 16.4. The van der Waals surface area contributed by atoms with E-state index in [1.54, 1.807) is 6.92 Å². The quantitative estimate of drug-likeness (QED) is 0.534. The van der Waals surface area contributed by atoms with Gasteiger partial charge in [-0.1, -0.05) is 0 Å². The highest BCUT2D eigenvalue weighted by Gasteiger charge is 2.04. The van der Waals surface area contributed by atoms with Crippen LogP contribution in [0.5, 0.6) is 0 Å². The summed E-state index contributed by atoms with van der Waals surface area (Å²) in [7, 11) is 0. The van der Waals surface area contributed by atoms with Crippen LogP contribution >= 0.6 is 0 Å². The number of aliphatic imine (C=N–C) groups is 1. The molecule has 0 aliphatic rings. The summed E-state index contributed by atoms with van der Waals surface area (Å²) in [6.45, 7) is 3.22. The molecule has 0 saturated carbocycles. The molecule has 0 spiro atoms. The lowest BCUT2D eigenvalue weighted by molar-refractivity contribution is -0.137. The number of carboxylic acid groups (broad SMARTS) is 1. The highest BCUT2D eigenvalue weighted by Crippen LogP contribution is 1.85. The largest absolute Gasteiger partial charge is 0.480 e. The van der Waals surface area contributed by atoms with E-state index in [0.29, 0.717) is 0 Å². The van der Waals surface area contributed by atoms with Gasteiger partial charge in [-0.05, 0) is 20.1 Å². The molecule has 8 heavy (non-hydrogen) atoms. The summed E-state index contributed by atoms with van der Waals surface area (Å²) in [6, 6.07) is -0.597. The van der Waals surface area contributed by atoms with Crippen LogP contribution in [0.4, 0.5) is 0 Å². The smallest absolute Gasteiger partial charge is 0.328 e. The second kappa shape index (κ2) is 3.18. The Morgan fingerprint density at radius 1 is 1.88 bits per heavy atom. The van der Waals surface area contributed by atoms with Crippen LogP contribution in [0, 0.1) is 0 Å². The van der Waals surface area contributed by atoms with Crippen LogP contribution in [-0.2, 0) is 4.79 Å². The summed E-state index contributed by atoms with van der Waals surface area (Å²) in [5, 5.41) is 8.20. The predicted molar refractivity (Wildman–Crippen MR) is 31.3 cm³/mol. The fourth-order valence-corrected chi connectivity index (χ4v) is 0.287. The number of aliphatic carboxylic acids is 1. The van der Waals surface area contributed by atoms with E-state index in [-0.39, 0.29) is 0 Å². The third-order valence-corrected chi connectivity index (χ3v) is 0.730. The van der Waals surface area contributed by atoms with Crippen LogP contribution < -0.4 is 0 Å². The van der Waals surface area contributed by atoms with Crippen molar-refractivity contribution >= 4 is 12.2 Å². The molecule has 0 aromatic heterocycles. The van der Waals surface area contributed by atoms with Gasteiger partial charge in [-0.25, -0.2) is 4.79 Å². The first kappa shape index (κ1) is 7.14. The van der Waals surface area contributed by atoms with Crippen molar-refractivity contribution in [3.63, 3.8) is 0 Å². The molecule has 0 aromatic carbocycles. The molecule has 0 aromatic rings. The molecule has 0 aliphatic heterocycles. The number of hydrogen-bond acceptors (Lipinski definition) is 2. The normalized spacial score (nSPS) is 14.2. The zero-order chi connectivity index (χ0) is 6.57. The Morgan fingerprint density at radius 3 is 2.50 bits per heavy atom. The van der Waals surface area contributed by atoms with E-state index in [9.17, 15) is 4.79 Å². The van der Waals surface area contributed by atoms with Crippen LogP contribution in [0.15, 0.2) is 4.99 Å².